The molecule has 0 bridgehead atoms. The van der Waals surface area contributed by atoms with E-state index in [-0.39, 0.29) is 5.70 Å². The molecule has 2 rings (SSSR count). The first-order chi connectivity index (χ1) is 11.9. The number of halogens is 1. The highest BCUT2D eigenvalue weighted by Gasteiger charge is 2.17. The Morgan fingerprint density at radius 1 is 1.24 bits per heavy atom. The quantitative estimate of drug-likeness (QED) is 0.698. The van der Waals surface area contributed by atoms with Gasteiger partial charge in [-0.15, -0.1) is 0 Å². The Labute approximate surface area is 151 Å². The molecule has 1 atom stereocenters. The molecule has 0 aliphatic carbocycles. The lowest BCUT2D eigenvalue weighted by Crippen LogP contribution is -2.48. The maximum atomic E-state index is 12.3. The van der Waals surface area contributed by atoms with Gasteiger partial charge in [0, 0.05) is 16.1 Å². The zero-order valence-corrected chi connectivity index (χ0v) is 14.7. The summed E-state index contributed by atoms with van der Waals surface area (Å²) in [5, 5.41) is 15.5. The van der Waals surface area contributed by atoms with Crippen LogP contribution in [0.15, 0.2) is 57.2 Å². The van der Waals surface area contributed by atoms with Crippen molar-refractivity contribution in [1.29, 1.82) is 0 Å². The third kappa shape index (κ3) is 5.32. The van der Waals surface area contributed by atoms with Gasteiger partial charge < -0.3 is 25.0 Å². The van der Waals surface area contributed by atoms with Crippen LogP contribution in [-0.2, 0) is 9.59 Å². The van der Waals surface area contributed by atoms with Gasteiger partial charge in [-0.2, -0.15) is 0 Å². The summed E-state index contributed by atoms with van der Waals surface area (Å²) in [5.41, 5.74) is 0.161. The predicted octanol–water partition coefficient (Wildman–Crippen LogP) is 1.07. The molecule has 0 spiro atoms. The number of furan rings is 1. The largest absolute Gasteiger partial charge is 0.548 e. The maximum Gasteiger partial charge on any atom is 0.268 e. The fourth-order valence-electron chi connectivity index (χ4n) is 1.83. The molecule has 2 aromatic rings. The van der Waals surface area contributed by atoms with Gasteiger partial charge in [0.25, 0.3) is 11.8 Å². The number of aliphatic carboxylic acids is 1. The molecule has 0 saturated heterocycles. The molecule has 1 heterocycles. The van der Waals surface area contributed by atoms with Crippen molar-refractivity contribution >= 4 is 39.8 Å². The first kappa shape index (κ1) is 18.5. The van der Waals surface area contributed by atoms with E-state index in [0.717, 1.165) is 0 Å². The van der Waals surface area contributed by atoms with E-state index in [1.165, 1.54) is 19.3 Å². The predicted molar refractivity (Wildman–Crippen MR) is 90.9 cm³/mol. The molecule has 7 nitrogen and oxygen atoms in total. The zero-order chi connectivity index (χ0) is 18.4. The van der Waals surface area contributed by atoms with E-state index in [1.807, 2.05) is 0 Å². The van der Waals surface area contributed by atoms with Crippen LogP contribution >= 0.6 is 15.9 Å². The number of carbonyl (C=O) groups excluding carboxylic acids is 3. The van der Waals surface area contributed by atoms with E-state index < -0.39 is 23.8 Å². The lowest BCUT2D eigenvalue weighted by atomic mass is 10.2. The van der Waals surface area contributed by atoms with E-state index in [9.17, 15) is 19.5 Å². The third-order valence-electron chi connectivity index (χ3n) is 3.11. The minimum absolute atomic E-state index is 0.159. The Morgan fingerprint density at radius 3 is 2.60 bits per heavy atom. The molecule has 0 radical (unpaired) electrons. The van der Waals surface area contributed by atoms with Crippen LogP contribution in [-0.4, -0.2) is 23.8 Å². The smallest absolute Gasteiger partial charge is 0.268 e. The van der Waals surface area contributed by atoms with E-state index in [2.05, 4.69) is 26.6 Å². The Bertz CT molecular complexity index is 814. The minimum atomic E-state index is -1.44. The fourth-order valence-corrected chi connectivity index (χ4v) is 2.23. The molecule has 8 heteroatoms. The average Bonchev–Trinajstić information content (AvgIpc) is 3.07. The van der Waals surface area contributed by atoms with Crippen molar-refractivity contribution in [3.8, 4) is 0 Å². The summed E-state index contributed by atoms with van der Waals surface area (Å²) in [6, 6.07) is 8.56. The van der Waals surface area contributed by atoms with Gasteiger partial charge in [0.1, 0.15) is 11.5 Å². The molecule has 0 unspecified atom stereocenters. The van der Waals surface area contributed by atoms with Crippen molar-refractivity contribution in [3.63, 3.8) is 0 Å². The summed E-state index contributed by atoms with van der Waals surface area (Å²) in [7, 11) is 0. The van der Waals surface area contributed by atoms with Crippen LogP contribution in [0, 0.1) is 0 Å². The van der Waals surface area contributed by atoms with Gasteiger partial charge in [-0.25, -0.2) is 0 Å². The number of amides is 2. The van der Waals surface area contributed by atoms with Gasteiger partial charge in [-0.3, -0.25) is 9.59 Å². The summed E-state index contributed by atoms with van der Waals surface area (Å²) in [5.74, 6) is -2.43. The standard InChI is InChI=1S/C17H15BrN2O5/c1-10(17(23)24)19-16(22)14(9-13-6-3-7-25-13)20-15(21)11-4-2-5-12(18)8-11/h2-10H,1H3,(H,19,22)(H,20,21)(H,23,24)/p-1/b14-9-/t10-/m0/s1. The molecule has 0 aliphatic heterocycles. The van der Waals surface area contributed by atoms with Gasteiger partial charge in [-0.05, 0) is 37.3 Å². The van der Waals surface area contributed by atoms with E-state index in [4.69, 9.17) is 4.42 Å². The number of rotatable bonds is 6. The minimum Gasteiger partial charge on any atom is -0.548 e. The number of carbonyl (C=O) groups is 3. The molecule has 130 valence electrons. The number of hydrogen-bond acceptors (Lipinski definition) is 5. The normalized spacial score (nSPS) is 12.3. The van der Waals surface area contributed by atoms with Crippen LogP contribution in [0.3, 0.4) is 0 Å². The Kier molecular flexibility index (Phi) is 6.13. The zero-order valence-electron chi connectivity index (χ0n) is 13.1. The molecular formula is C17H14BrN2O5-. The first-order valence-electron chi connectivity index (χ1n) is 7.20. The molecule has 1 aromatic carbocycles. The van der Waals surface area contributed by atoms with E-state index >= 15 is 0 Å². The first-order valence-corrected chi connectivity index (χ1v) is 8.00. The van der Waals surface area contributed by atoms with Crippen LogP contribution in [0.4, 0.5) is 0 Å². The number of nitrogens with one attached hydrogen (secondary N) is 2. The molecule has 0 fully saturated rings. The maximum absolute atomic E-state index is 12.3. The lowest BCUT2D eigenvalue weighted by Gasteiger charge is -2.16. The van der Waals surface area contributed by atoms with Crippen molar-refractivity contribution in [3.05, 3.63) is 64.2 Å². The van der Waals surface area contributed by atoms with Gasteiger partial charge in [-0.1, -0.05) is 22.0 Å². The van der Waals surface area contributed by atoms with Crippen LogP contribution in [0.5, 0.6) is 0 Å². The molecule has 2 amide bonds. The Morgan fingerprint density at radius 2 is 2.00 bits per heavy atom. The number of carboxylic acid groups (broad SMARTS) is 1. The van der Waals surface area contributed by atoms with Gasteiger partial charge in [0.2, 0.25) is 0 Å². The summed E-state index contributed by atoms with van der Waals surface area (Å²) in [6.45, 7) is 1.26. The van der Waals surface area contributed by atoms with Crippen LogP contribution < -0.4 is 15.7 Å². The molecule has 25 heavy (non-hydrogen) atoms. The second-order valence-electron chi connectivity index (χ2n) is 5.05. The lowest BCUT2D eigenvalue weighted by molar-refractivity contribution is -0.307. The number of hydrogen-bond donors (Lipinski definition) is 2. The highest BCUT2D eigenvalue weighted by Crippen LogP contribution is 2.13. The number of benzene rings is 1. The van der Waals surface area contributed by atoms with E-state index in [1.54, 1.807) is 36.4 Å². The molecule has 0 saturated carbocycles. The molecule has 0 aliphatic rings. The van der Waals surface area contributed by atoms with Crippen molar-refractivity contribution < 1.29 is 23.9 Å². The summed E-state index contributed by atoms with van der Waals surface area (Å²) in [6.07, 6.45) is 2.70. The average molecular weight is 406 g/mol. The van der Waals surface area contributed by atoms with Crippen LogP contribution in [0.1, 0.15) is 23.0 Å². The van der Waals surface area contributed by atoms with Crippen LogP contribution in [0.25, 0.3) is 6.08 Å². The van der Waals surface area contributed by atoms with Gasteiger partial charge in [0.15, 0.2) is 0 Å². The molecule has 1 aromatic heterocycles. The summed E-state index contributed by atoms with van der Waals surface area (Å²) in [4.78, 5) is 35.4. The highest BCUT2D eigenvalue weighted by atomic mass is 79.9. The second kappa shape index (κ2) is 8.29. The Balaban J connectivity index is 2.24. The van der Waals surface area contributed by atoms with Crippen molar-refractivity contribution in [2.45, 2.75) is 13.0 Å². The van der Waals surface area contributed by atoms with Crippen molar-refractivity contribution in [1.82, 2.24) is 10.6 Å². The van der Waals surface area contributed by atoms with E-state index in [0.29, 0.717) is 15.8 Å². The third-order valence-corrected chi connectivity index (χ3v) is 3.60. The van der Waals surface area contributed by atoms with Gasteiger partial charge >= 0.3 is 0 Å². The topological polar surface area (TPSA) is 111 Å². The van der Waals surface area contributed by atoms with Crippen molar-refractivity contribution in [2.24, 2.45) is 0 Å². The molecular weight excluding hydrogens is 392 g/mol. The second-order valence-corrected chi connectivity index (χ2v) is 5.97. The van der Waals surface area contributed by atoms with Crippen LogP contribution in [0.2, 0.25) is 0 Å². The Hall–Kier alpha value is -2.87. The highest BCUT2D eigenvalue weighted by molar-refractivity contribution is 9.10. The van der Waals surface area contributed by atoms with Gasteiger partial charge in [0.05, 0.1) is 18.3 Å². The summed E-state index contributed by atoms with van der Waals surface area (Å²) >= 11 is 3.26. The monoisotopic (exact) mass is 405 g/mol. The number of carboxylic acids is 1. The van der Waals surface area contributed by atoms with Crippen molar-refractivity contribution in [2.75, 3.05) is 0 Å². The fraction of sp³-hybridized carbons (Fsp3) is 0.118. The molecule has 2 N–H and O–H groups in total. The SMILES string of the molecule is C[C@H](NC(=O)/C(=C/c1ccco1)NC(=O)c1cccc(Br)c1)C(=O)[O-]. The summed E-state index contributed by atoms with van der Waals surface area (Å²) < 4.78 is 5.83.